The van der Waals surface area contributed by atoms with Gasteiger partial charge in [-0.15, -0.1) is 11.3 Å². The van der Waals surface area contributed by atoms with Crippen molar-refractivity contribution in [3.05, 3.63) is 52.4 Å². The lowest BCUT2D eigenvalue weighted by Crippen LogP contribution is -2.19. The average Bonchev–Trinajstić information content (AvgIpc) is 3.01. The first-order valence-corrected chi connectivity index (χ1v) is 9.10. The van der Waals surface area contributed by atoms with Gasteiger partial charge < -0.3 is 10.6 Å². The standard InChI is InChI=1S/C20H25N3OS/c1-6-15-9-14(7-8-18(15)21-4)10-16-11-17(19(24)22-5)20(25-16)23-12-13(2)3/h6-9,11,13,23H,1,4,10,12H2,2-3,5H3,(H,22,24). The van der Waals surface area contributed by atoms with E-state index in [1.54, 1.807) is 24.5 Å². The van der Waals surface area contributed by atoms with Crippen LogP contribution in [0.1, 0.15) is 40.2 Å². The second-order valence-corrected chi connectivity index (χ2v) is 7.38. The highest BCUT2D eigenvalue weighted by molar-refractivity contribution is 7.16. The minimum atomic E-state index is -0.0632. The normalized spacial score (nSPS) is 10.6. The second-order valence-electron chi connectivity index (χ2n) is 6.24. The third-order valence-corrected chi connectivity index (χ3v) is 4.88. The molecule has 1 aromatic carbocycles. The van der Waals surface area contributed by atoms with Crippen LogP contribution in [0.25, 0.3) is 6.08 Å². The summed E-state index contributed by atoms with van der Waals surface area (Å²) in [7, 11) is 1.66. The van der Waals surface area contributed by atoms with Crippen LogP contribution in [0.15, 0.2) is 35.8 Å². The van der Waals surface area contributed by atoms with Crippen molar-refractivity contribution in [1.29, 1.82) is 0 Å². The molecule has 0 bridgehead atoms. The van der Waals surface area contributed by atoms with Gasteiger partial charge in [-0.3, -0.25) is 9.79 Å². The van der Waals surface area contributed by atoms with Crippen LogP contribution in [0, 0.1) is 5.92 Å². The number of carbonyl (C=O) groups is 1. The van der Waals surface area contributed by atoms with Crippen LogP contribution in [0.3, 0.4) is 0 Å². The van der Waals surface area contributed by atoms with Crippen LogP contribution < -0.4 is 10.6 Å². The van der Waals surface area contributed by atoms with Crippen LogP contribution in [-0.2, 0) is 6.42 Å². The molecular weight excluding hydrogens is 330 g/mol. The van der Waals surface area contributed by atoms with Gasteiger partial charge in [0.15, 0.2) is 0 Å². The summed E-state index contributed by atoms with van der Waals surface area (Å²) in [5.74, 6) is 0.448. The van der Waals surface area contributed by atoms with Crippen molar-refractivity contribution in [2.45, 2.75) is 20.3 Å². The highest BCUT2D eigenvalue weighted by Crippen LogP contribution is 2.31. The van der Waals surface area contributed by atoms with Gasteiger partial charge in [0.1, 0.15) is 5.00 Å². The van der Waals surface area contributed by atoms with E-state index in [1.807, 2.05) is 18.2 Å². The number of benzene rings is 1. The first-order chi connectivity index (χ1) is 12.0. The van der Waals surface area contributed by atoms with Crippen LogP contribution in [0.5, 0.6) is 0 Å². The van der Waals surface area contributed by atoms with E-state index in [1.165, 1.54) is 0 Å². The van der Waals surface area contributed by atoms with E-state index < -0.39 is 0 Å². The summed E-state index contributed by atoms with van der Waals surface area (Å²) in [6.07, 6.45) is 2.55. The molecule has 0 saturated carbocycles. The first-order valence-electron chi connectivity index (χ1n) is 8.29. The summed E-state index contributed by atoms with van der Waals surface area (Å²) in [5.41, 5.74) is 3.66. The summed E-state index contributed by atoms with van der Waals surface area (Å²) in [5, 5.41) is 7.04. The van der Waals surface area contributed by atoms with E-state index in [4.69, 9.17) is 0 Å². The lowest BCUT2D eigenvalue weighted by Gasteiger charge is -2.08. The van der Waals surface area contributed by atoms with Gasteiger partial charge in [0.05, 0.1) is 11.3 Å². The smallest absolute Gasteiger partial charge is 0.254 e. The van der Waals surface area contributed by atoms with E-state index in [0.29, 0.717) is 11.5 Å². The molecule has 0 spiro atoms. The monoisotopic (exact) mass is 355 g/mol. The molecule has 132 valence electrons. The zero-order valence-electron chi connectivity index (χ0n) is 15.1. The third kappa shape index (κ3) is 4.79. The zero-order chi connectivity index (χ0) is 18.4. The molecule has 2 rings (SSSR count). The fraction of sp³-hybridized carbons (Fsp3) is 0.300. The molecule has 0 atom stereocenters. The predicted molar refractivity (Wildman–Crippen MR) is 110 cm³/mol. The van der Waals surface area contributed by atoms with E-state index in [0.717, 1.165) is 39.7 Å². The van der Waals surface area contributed by atoms with E-state index in [9.17, 15) is 4.79 Å². The van der Waals surface area contributed by atoms with Gasteiger partial charge in [-0.05, 0) is 42.0 Å². The summed E-state index contributed by atoms with van der Waals surface area (Å²) in [6.45, 7) is 12.5. The van der Waals surface area contributed by atoms with Gasteiger partial charge in [0.25, 0.3) is 5.91 Å². The van der Waals surface area contributed by atoms with Gasteiger partial charge in [-0.25, -0.2) is 0 Å². The van der Waals surface area contributed by atoms with Crippen LogP contribution in [0.4, 0.5) is 10.7 Å². The zero-order valence-corrected chi connectivity index (χ0v) is 15.9. The third-order valence-electron chi connectivity index (χ3n) is 3.79. The lowest BCUT2D eigenvalue weighted by molar-refractivity contribution is 0.0964. The van der Waals surface area contributed by atoms with Crippen LogP contribution in [0.2, 0.25) is 0 Å². The summed E-state index contributed by atoms with van der Waals surface area (Å²) in [4.78, 5) is 17.3. The number of rotatable bonds is 8. The van der Waals surface area contributed by atoms with Crippen molar-refractivity contribution in [3.8, 4) is 0 Å². The largest absolute Gasteiger partial charge is 0.376 e. The summed E-state index contributed by atoms with van der Waals surface area (Å²) in [6, 6.07) is 8.03. The SMILES string of the molecule is C=Cc1cc(Cc2cc(C(=O)NC)c(NCC(C)C)s2)ccc1N=C. The Hall–Kier alpha value is -2.40. The van der Waals surface area contributed by atoms with Crippen LogP contribution in [-0.4, -0.2) is 26.2 Å². The number of hydrogen-bond donors (Lipinski definition) is 2. The summed E-state index contributed by atoms with van der Waals surface area (Å²) >= 11 is 1.63. The molecule has 0 aliphatic heterocycles. The number of hydrogen-bond acceptors (Lipinski definition) is 4. The van der Waals surface area contributed by atoms with Gasteiger partial charge in [-0.1, -0.05) is 32.6 Å². The molecule has 0 fully saturated rings. The lowest BCUT2D eigenvalue weighted by atomic mass is 10.1. The molecule has 2 N–H and O–H groups in total. The highest BCUT2D eigenvalue weighted by atomic mass is 32.1. The highest BCUT2D eigenvalue weighted by Gasteiger charge is 2.15. The minimum Gasteiger partial charge on any atom is -0.376 e. The molecule has 0 radical (unpaired) electrons. The maximum atomic E-state index is 12.2. The quantitative estimate of drug-likeness (QED) is 0.672. The number of anilines is 1. The fourth-order valence-electron chi connectivity index (χ4n) is 2.48. The van der Waals surface area contributed by atoms with E-state index in [2.05, 4.69) is 48.8 Å². The van der Waals surface area contributed by atoms with Gasteiger partial charge in [0, 0.05) is 24.9 Å². The number of carbonyl (C=O) groups excluding carboxylic acids is 1. The number of nitrogens with zero attached hydrogens (tertiary/aromatic N) is 1. The van der Waals surface area contributed by atoms with Crippen LogP contribution >= 0.6 is 11.3 Å². The van der Waals surface area contributed by atoms with Crippen molar-refractivity contribution >= 4 is 40.7 Å². The molecule has 2 aromatic rings. The molecule has 1 aromatic heterocycles. The molecule has 0 aliphatic carbocycles. The minimum absolute atomic E-state index is 0.0632. The number of aliphatic imine (C=N–C) groups is 1. The van der Waals surface area contributed by atoms with Gasteiger partial charge in [-0.2, -0.15) is 0 Å². The summed E-state index contributed by atoms with van der Waals surface area (Å²) < 4.78 is 0. The molecule has 1 amide bonds. The van der Waals surface area contributed by atoms with Gasteiger partial charge >= 0.3 is 0 Å². The van der Waals surface area contributed by atoms with E-state index >= 15 is 0 Å². The van der Waals surface area contributed by atoms with Crippen molar-refractivity contribution in [1.82, 2.24) is 5.32 Å². The molecule has 25 heavy (non-hydrogen) atoms. The Labute approximate surface area is 153 Å². The Bertz CT molecular complexity index is 777. The first kappa shape index (κ1) is 18.9. The Morgan fingerprint density at radius 2 is 2.12 bits per heavy atom. The Morgan fingerprint density at radius 3 is 2.72 bits per heavy atom. The fourth-order valence-corrected chi connectivity index (χ4v) is 3.58. The second kappa shape index (κ2) is 8.62. The van der Waals surface area contributed by atoms with Crippen molar-refractivity contribution in [2.75, 3.05) is 18.9 Å². The number of thiophene rings is 1. The van der Waals surface area contributed by atoms with Crippen molar-refractivity contribution < 1.29 is 4.79 Å². The molecule has 5 heteroatoms. The molecular formula is C20H25N3OS. The average molecular weight is 356 g/mol. The number of nitrogens with one attached hydrogen (secondary N) is 2. The molecule has 0 saturated heterocycles. The van der Waals surface area contributed by atoms with E-state index in [-0.39, 0.29) is 5.91 Å². The van der Waals surface area contributed by atoms with Crippen molar-refractivity contribution in [2.24, 2.45) is 10.9 Å². The Morgan fingerprint density at radius 1 is 1.36 bits per heavy atom. The Balaban J connectivity index is 2.28. The molecule has 0 aliphatic rings. The maximum Gasteiger partial charge on any atom is 0.254 e. The molecule has 0 unspecified atom stereocenters. The molecule has 4 nitrogen and oxygen atoms in total. The number of amides is 1. The maximum absolute atomic E-state index is 12.2. The Kier molecular flexibility index (Phi) is 6.53. The van der Waals surface area contributed by atoms with Crippen molar-refractivity contribution in [3.63, 3.8) is 0 Å². The topological polar surface area (TPSA) is 53.5 Å². The predicted octanol–water partition coefficient (Wildman–Crippen LogP) is 4.74. The molecule has 1 heterocycles. The van der Waals surface area contributed by atoms with Gasteiger partial charge in [0.2, 0.25) is 0 Å².